The van der Waals surface area contributed by atoms with Crippen LogP contribution in [0.25, 0.3) is 0 Å². The van der Waals surface area contributed by atoms with Crippen LogP contribution in [0.5, 0.6) is 0 Å². The van der Waals surface area contributed by atoms with Crippen LogP contribution in [0.1, 0.15) is 5.56 Å². The Morgan fingerprint density at radius 2 is 1.73 bits per heavy atom. The van der Waals surface area contributed by atoms with Gasteiger partial charge in [-0.25, -0.2) is 0 Å². The zero-order valence-electron chi connectivity index (χ0n) is 7.35. The molecule has 0 N–H and O–H groups in total. The van der Waals surface area contributed by atoms with Gasteiger partial charge in [-0.1, -0.05) is 35.3 Å². The van der Waals surface area contributed by atoms with Gasteiger partial charge in [0.2, 0.25) is 0 Å². The minimum atomic E-state index is -4.34. The van der Waals surface area contributed by atoms with E-state index in [0.29, 0.717) is 10.6 Å². The Labute approximate surface area is 94.5 Å². The molecule has 0 fully saturated rings. The summed E-state index contributed by atoms with van der Waals surface area (Å²) in [7, 11) is 0. The second-order valence-electron chi connectivity index (χ2n) is 2.73. The third-order valence-corrected chi connectivity index (χ3v) is 2.07. The highest BCUT2D eigenvalue weighted by molar-refractivity contribution is 6.69. The summed E-state index contributed by atoms with van der Waals surface area (Å²) in [6.07, 6.45) is -4.34. The molecular formula is C9H6Cl2F3N. The number of alkyl halides is 3. The lowest BCUT2D eigenvalue weighted by molar-refractivity contribution is -0.118. The molecule has 0 atom stereocenters. The van der Waals surface area contributed by atoms with Gasteiger partial charge in [-0.15, -0.1) is 0 Å². The Morgan fingerprint density at radius 3 is 2.20 bits per heavy atom. The van der Waals surface area contributed by atoms with E-state index in [1.165, 1.54) is 24.3 Å². The van der Waals surface area contributed by atoms with Crippen LogP contribution in [-0.4, -0.2) is 17.9 Å². The maximum atomic E-state index is 11.8. The first-order valence-corrected chi connectivity index (χ1v) is 4.67. The molecule has 0 amide bonds. The SMILES string of the molecule is FC(F)(F)CN=C(Cl)c1ccc(Cl)cc1. The van der Waals surface area contributed by atoms with Crippen LogP contribution in [0, 0.1) is 0 Å². The molecule has 0 saturated carbocycles. The van der Waals surface area contributed by atoms with Crippen molar-refractivity contribution in [2.75, 3.05) is 6.54 Å². The summed E-state index contributed by atoms with van der Waals surface area (Å²) < 4.78 is 35.4. The van der Waals surface area contributed by atoms with Gasteiger partial charge >= 0.3 is 6.18 Å². The molecule has 0 aliphatic rings. The third-order valence-electron chi connectivity index (χ3n) is 1.48. The summed E-state index contributed by atoms with van der Waals surface area (Å²) in [5, 5.41) is 0.308. The van der Waals surface area contributed by atoms with Crippen LogP contribution in [0.3, 0.4) is 0 Å². The number of rotatable bonds is 2. The first-order chi connectivity index (χ1) is 6.88. The van der Waals surface area contributed by atoms with E-state index in [2.05, 4.69) is 4.99 Å². The van der Waals surface area contributed by atoms with E-state index in [9.17, 15) is 13.2 Å². The fourth-order valence-electron chi connectivity index (χ4n) is 0.838. The number of hydrogen-bond donors (Lipinski definition) is 0. The fourth-order valence-corrected chi connectivity index (χ4v) is 1.15. The Kier molecular flexibility index (Phi) is 3.99. The van der Waals surface area contributed by atoms with Crippen molar-refractivity contribution in [2.24, 2.45) is 4.99 Å². The molecule has 0 aromatic heterocycles. The van der Waals surface area contributed by atoms with Crippen molar-refractivity contribution in [3.8, 4) is 0 Å². The molecule has 1 aromatic rings. The Morgan fingerprint density at radius 1 is 1.20 bits per heavy atom. The normalized spacial score (nSPS) is 13.0. The maximum Gasteiger partial charge on any atom is 0.408 e. The molecule has 0 saturated heterocycles. The molecule has 0 aliphatic carbocycles. The molecule has 1 rings (SSSR count). The molecule has 0 heterocycles. The van der Waals surface area contributed by atoms with Crippen LogP contribution in [0.15, 0.2) is 29.3 Å². The highest BCUT2D eigenvalue weighted by Gasteiger charge is 2.26. The average molecular weight is 256 g/mol. The van der Waals surface area contributed by atoms with Gasteiger partial charge in [-0.05, 0) is 12.1 Å². The molecule has 82 valence electrons. The average Bonchev–Trinajstić information content (AvgIpc) is 2.14. The third kappa shape index (κ3) is 4.53. The zero-order chi connectivity index (χ0) is 11.5. The second-order valence-corrected chi connectivity index (χ2v) is 3.52. The summed E-state index contributed by atoms with van der Waals surface area (Å²) in [4.78, 5) is 3.21. The van der Waals surface area contributed by atoms with Crippen molar-refractivity contribution in [1.82, 2.24) is 0 Å². The number of halogens is 5. The van der Waals surface area contributed by atoms with Crippen molar-refractivity contribution in [3.05, 3.63) is 34.9 Å². The highest BCUT2D eigenvalue weighted by atomic mass is 35.5. The lowest BCUT2D eigenvalue weighted by Crippen LogP contribution is -2.13. The quantitative estimate of drug-likeness (QED) is 0.712. The lowest BCUT2D eigenvalue weighted by atomic mass is 10.2. The molecule has 0 unspecified atom stereocenters. The zero-order valence-corrected chi connectivity index (χ0v) is 8.87. The minimum absolute atomic E-state index is 0.177. The number of aliphatic imine (C=N–C) groups is 1. The van der Waals surface area contributed by atoms with Crippen LogP contribution in [0.2, 0.25) is 5.02 Å². The van der Waals surface area contributed by atoms with Crippen molar-refractivity contribution in [2.45, 2.75) is 6.18 Å². The summed E-state index contributed by atoms with van der Waals surface area (Å²) >= 11 is 11.2. The van der Waals surface area contributed by atoms with E-state index in [1.807, 2.05) is 0 Å². The molecule has 0 spiro atoms. The largest absolute Gasteiger partial charge is 0.408 e. The van der Waals surface area contributed by atoms with Crippen LogP contribution in [0.4, 0.5) is 13.2 Å². The molecule has 1 aromatic carbocycles. The minimum Gasteiger partial charge on any atom is -0.263 e. The molecule has 0 aliphatic heterocycles. The summed E-state index contributed by atoms with van der Waals surface area (Å²) in [5.41, 5.74) is 0.408. The van der Waals surface area contributed by atoms with Gasteiger partial charge in [0.05, 0.1) is 0 Å². The molecule has 0 bridgehead atoms. The summed E-state index contributed by atoms with van der Waals surface area (Å²) in [6.45, 7) is -1.28. The topological polar surface area (TPSA) is 12.4 Å². The van der Waals surface area contributed by atoms with Gasteiger partial charge in [-0.3, -0.25) is 4.99 Å². The van der Waals surface area contributed by atoms with Gasteiger partial charge in [-0.2, -0.15) is 13.2 Å². The van der Waals surface area contributed by atoms with Crippen molar-refractivity contribution >= 4 is 28.4 Å². The van der Waals surface area contributed by atoms with Crippen LogP contribution >= 0.6 is 23.2 Å². The lowest BCUT2D eigenvalue weighted by Gasteiger charge is -2.02. The first-order valence-electron chi connectivity index (χ1n) is 3.91. The Bertz CT molecular complexity index is 357. The van der Waals surface area contributed by atoms with E-state index < -0.39 is 12.7 Å². The highest BCUT2D eigenvalue weighted by Crippen LogP contribution is 2.17. The standard InChI is InChI=1S/C9H6Cl2F3N/c10-7-3-1-6(2-4-7)8(11)15-5-9(12,13)14/h1-4H,5H2. The van der Waals surface area contributed by atoms with Crippen LogP contribution < -0.4 is 0 Å². The molecule has 6 heteroatoms. The van der Waals surface area contributed by atoms with E-state index in [4.69, 9.17) is 23.2 Å². The van der Waals surface area contributed by atoms with Crippen molar-refractivity contribution in [3.63, 3.8) is 0 Å². The van der Waals surface area contributed by atoms with E-state index in [1.54, 1.807) is 0 Å². The number of benzene rings is 1. The Hall–Kier alpha value is -0.740. The summed E-state index contributed by atoms with van der Waals surface area (Å²) in [6, 6.07) is 6.07. The second kappa shape index (κ2) is 4.86. The fraction of sp³-hybridized carbons (Fsp3) is 0.222. The van der Waals surface area contributed by atoms with E-state index in [-0.39, 0.29) is 5.17 Å². The number of nitrogens with zero attached hydrogens (tertiary/aromatic N) is 1. The monoisotopic (exact) mass is 255 g/mol. The molecule has 0 radical (unpaired) electrons. The van der Waals surface area contributed by atoms with Crippen molar-refractivity contribution in [1.29, 1.82) is 0 Å². The smallest absolute Gasteiger partial charge is 0.263 e. The van der Waals surface area contributed by atoms with Gasteiger partial charge in [0.15, 0.2) is 0 Å². The van der Waals surface area contributed by atoms with E-state index >= 15 is 0 Å². The maximum absolute atomic E-state index is 11.8. The predicted molar refractivity (Wildman–Crippen MR) is 54.8 cm³/mol. The van der Waals surface area contributed by atoms with Gasteiger partial charge in [0.1, 0.15) is 11.7 Å². The van der Waals surface area contributed by atoms with Crippen molar-refractivity contribution < 1.29 is 13.2 Å². The Balaban J connectivity index is 2.76. The summed E-state index contributed by atoms with van der Waals surface area (Å²) in [5.74, 6) is 0. The van der Waals surface area contributed by atoms with E-state index in [0.717, 1.165) is 0 Å². The van der Waals surface area contributed by atoms with Gasteiger partial charge in [0, 0.05) is 10.6 Å². The molecular weight excluding hydrogens is 250 g/mol. The van der Waals surface area contributed by atoms with Gasteiger partial charge in [0.25, 0.3) is 0 Å². The first kappa shape index (κ1) is 12.3. The predicted octanol–water partition coefficient (Wildman–Crippen LogP) is 3.89. The number of hydrogen-bond acceptors (Lipinski definition) is 1. The molecule has 15 heavy (non-hydrogen) atoms. The molecule has 1 nitrogen and oxygen atoms in total. The van der Waals surface area contributed by atoms with Gasteiger partial charge < -0.3 is 0 Å². The van der Waals surface area contributed by atoms with Crippen LogP contribution in [-0.2, 0) is 0 Å².